The molecule has 230 valence electrons. The molecule has 1 N–H and O–H groups in total. The molecule has 4 aromatic rings. The minimum atomic E-state index is -4.28. The van der Waals surface area contributed by atoms with Crippen molar-refractivity contribution < 1.29 is 22.7 Å². The molecule has 1 unspecified atom stereocenters. The van der Waals surface area contributed by atoms with Crippen molar-refractivity contribution in [3.05, 3.63) is 125 Å². The predicted molar refractivity (Wildman–Crippen MR) is 173 cm³/mol. The Hall–Kier alpha value is -4.34. The highest BCUT2D eigenvalue weighted by Crippen LogP contribution is 2.35. The third-order valence-corrected chi connectivity index (χ3v) is 9.09. The van der Waals surface area contributed by atoms with Gasteiger partial charge in [-0.25, -0.2) is 8.42 Å². The predicted octanol–water partition coefficient (Wildman–Crippen LogP) is 5.63. The Bertz CT molecular complexity index is 1680. The Kier molecular flexibility index (Phi) is 11.0. The highest BCUT2D eigenvalue weighted by Gasteiger charge is 2.35. The number of methoxy groups -OCH3 is 1. The minimum Gasteiger partial charge on any atom is -0.495 e. The standard InChI is InChI=1S/C34H36ClN3O5S/c1-4-36-34(40)31(21-26-13-7-5-8-14-26)37(23-27-15-11-12-25(2)20-27)33(39)24-38(30-22-28(35)18-19-32(30)43-3)44(41,42)29-16-9-6-10-17-29/h5-20,22,31H,4,21,23-24H2,1-3H3,(H,36,40). The molecule has 4 aromatic carbocycles. The van der Waals surface area contributed by atoms with Crippen molar-refractivity contribution >= 4 is 39.1 Å². The first-order chi connectivity index (χ1) is 21.1. The van der Waals surface area contributed by atoms with Gasteiger partial charge in [0.15, 0.2) is 0 Å². The number of likely N-dealkylation sites (N-methyl/N-ethyl adjacent to an activating group) is 1. The van der Waals surface area contributed by atoms with Crippen LogP contribution >= 0.6 is 11.6 Å². The van der Waals surface area contributed by atoms with Crippen LogP contribution in [0.3, 0.4) is 0 Å². The van der Waals surface area contributed by atoms with Gasteiger partial charge in [0, 0.05) is 24.5 Å². The molecule has 10 heteroatoms. The molecule has 0 spiro atoms. The number of anilines is 1. The van der Waals surface area contributed by atoms with E-state index in [0.717, 1.165) is 21.0 Å². The van der Waals surface area contributed by atoms with Crippen LogP contribution in [0.2, 0.25) is 5.02 Å². The number of sulfonamides is 1. The number of halogens is 1. The van der Waals surface area contributed by atoms with Gasteiger partial charge in [-0.15, -0.1) is 0 Å². The van der Waals surface area contributed by atoms with E-state index in [2.05, 4.69) is 5.32 Å². The molecule has 8 nitrogen and oxygen atoms in total. The summed E-state index contributed by atoms with van der Waals surface area (Å²) in [6.45, 7) is 3.60. The summed E-state index contributed by atoms with van der Waals surface area (Å²) in [5, 5.41) is 3.13. The fraction of sp³-hybridized carbons (Fsp3) is 0.235. The van der Waals surface area contributed by atoms with Crippen LogP contribution in [0.4, 0.5) is 5.69 Å². The maximum atomic E-state index is 14.5. The summed E-state index contributed by atoms with van der Waals surface area (Å²) < 4.78 is 34.8. The van der Waals surface area contributed by atoms with Gasteiger partial charge >= 0.3 is 0 Å². The zero-order chi connectivity index (χ0) is 31.7. The molecule has 2 amide bonds. The van der Waals surface area contributed by atoms with Gasteiger partial charge in [-0.05, 0) is 55.3 Å². The Morgan fingerprint density at radius 3 is 2.18 bits per heavy atom. The maximum absolute atomic E-state index is 14.5. The number of carbonyl (C=O) groups is 2. The van der Waals surface area contributed by atoms with Crippen molar-refractivity contribution in [3.8, 4) is 5.75 Å². The smallest absolute Gasteiger partial charge is 0.264 e. The van der Waals surface area contributed by atoms with E-state index in [1.807, 2.05) is 68.4 Å². The number of hydrogen-bond acceptors (Lipinski definition) is 5. The molecule has 0 saturated carbocycles. The number of hydrogen-bond donors (Lipinski definition) is 1. The molecule has 0 bridgehead atoms. The van der Waals surface area contributed by atoms with Crippen LogP contribution in [0, 0.1) is 6.92 Å². The van der Waals surface area contributed by atoms with Gasteiger partial charge in [-0.2, -0.15) is 0 Å². The summed E-state index contributed by atoms with van der Waals surface area (Å²) in [5.41, 5.74) is 2.75. The van der Waals surface area contributed by atoms with Crippen molar-refractivity contribution in [2.75, 3.05) is 24.5 Å². The average Bonchev–Trinajstić information content (AvgIpc) is 3.02. The lowest BCUT2D eigenvalue weighted by Crippen LogP contribution is -2.53. The van der Waals surface area contributed by atoms with E-state index in [0.29, 0.717) is 6.54 Å². The molecule has 0 radical (unpaired) electrons. The van der Waals surface area contributed by atoms with Crippen molar-refractivity contribution in [1.82, 2.24) is 10.2 Å². The lowest BCUT2D eigenvalue weighted by Gasteiger charge is -2.34. The van der Waals surface area contributed by atoms with Gasteiger partial charge in [0.2, 0.25) is 11.8 Å². The maximum Gasteiger partial charge on any atom is 0.264 e. The van der Waals surface area contributed by atoms with Crippen LogP contribution in [0.5, 0.6) is 5.75 Å². The van der Waals surface area contributed by atoms with Crippen molar-refractivity contribution in [1.29, 1.82) is 0 Å². The number of nitrogens with one attached hydrogen (secondary N) is 1. The van der Waals surface area contributed by atoms with Crippen LogP contribution < -0.4 is 14.4 Å². The van der Waals surface area contributed by atoms with E-state index < -0.39 is 28.5 Å². The van der Waals surface area contributed by atoms with E-state index in [1.165, 1.54) is 30.2 Å². The van der Waals surface area contributed by atoms with E-state index >= 15 is 0 Å². The van der Waals surface area contributed by atoms with Crippen molar-refractivity contribution in [2.24, 2.45) is 0 Å². The van der Waals surface area contributed by atoms with E-state index in [-0.39, 0.29) is 40.2 Å². The number of ether oxygens (including phenoxy) is 1. The lowest BCUT2D eigenvalue weighted by atomic mass is 10.0. The summed E-state index contributed by atoms with van der Waals surface area (Å²) in [6, 6.07) is 28.6. The molecule has 44 heavy (non-hydrogen) atoms. The molecular weight excluding hydrogens is 598 g/mol. The number of nitrogens with zero attached hydrogens (tertiary/aromatic N) is 2. The van der Waals surface area contributed by atoms with Crippen molar-refractivity contribution in [2.45, 2.75) is 37.8 Å². The monoisotopic (exact) mass is 633 g/mol. The van der Waals surface area contributed by atoms with Crippen LogP contribution in [0.25, 0.3) is 0 Å². The first kappa shape index (κ1) is 32.6. The summed E-state index contributed by atoms with van der Waals surface area (Å²) in [5.74, 6) is -0.688. The number of carbonyl (C=O) groups excluding carboxylic acids is 2. The molecule has 0 fully saturated rings. The van der Waals surface area contributed by atoms with Gasteiger partial charge in [-0.1, -0.05) is 90.0 Å². The molecule has 4 rings (SSSR count). The molecule has 0 aliphatic heterocycles. The summed E-state index contributed by atoms with van der Waals surface area (Å²) in [7, 11) is -2.87. The second-order valence-corrected chi connectivity index (χ2v) is 12.6. The average molecular weight is 634 g/mol. The Labute approximate surface area is 264 Å². The third-order valence-electron chi connectivity index (χ3n) is 7.08. The normalized spacial score (nSPS) is 11.8. The number of aryl methyl sites for hydroxylation is 1. The minimum absolute atomic E-state index is 0.00961. The fourth-order valence-electron chi connectivity index (χ4n) is 4.94. The fourth-order valence-corrected chi connectivity index (χ4v) is 6.55. The van der Waals surface area contributed by atoms with Gasteiger partial charge in [-0.3, -0.25) is 13.9 Å². The summed E-state index contributed by atoms with van der Waals surface area (Å²) in [6.07, 6.45) is 0.232. The van der Waals surface area contributed by atoms with Gasteiger partial charge in [0.25, 0.3) is 10.0 Å². The highest BCUT2D eigenvalue weighted by molar-refractivity contribution is 7.92. The Morgan fingerprint density at radius 2 is 1.55 bits per heavy atom. The Balaban J connectivity index is 1.84. The molecule has 1 atom stereocenters. The zero-order valence-corrected chi connectivity index (χ0v) is 26.5. The highest BCUT2D eigenvalue weighted by atomic mass is 35.5. The number of benzene rings is 4. The zero-order valence-electron chi connectivity index (χ0n) is 24.9. The molecule has 0 aromatic heterocycles. The second kappa shape index (κ2) is 14.9. The molecule has 0 aliphatic rings. The van der Waals surface area contributed by atoms with E-state index in [4.69, 9.17) is 16.3 Å². The van der Waals surface area contributed by atoms with Crippen molar-refractivity contribution in [3.63, 3.8) is 0 Å². The van der Waals surface area contributed by atoms with E-state index in [9.17, 15) is 18.0 Å². The van der Waals surface area contributed by atoms with Gasteiger partial charge in [0.05, 0.1) is 17.7 Å². The van der Waals surface area contributed by atoms with Crippen LogP contribution in [-0.4, -0.2) is 51.4 Å². The third kappa shape index (κ3) is 7.98. The first-order valence-corrected chi connectivity index (χ1v) is 16.0. The van der Waals surface area contributed by atoms with Crippen LogP contribution in [-0.2, 0) is 32.6 Å². The van der Waals surface area contributed by atoms with Crippen LogP contribution in [0.15, 0.2) is 108 Å². The quantitative estimate of drug-likeness (QED) is 0.206. The molecule has 0 heterocycles. The molecule has 0 aliphatic carbocycles. The first-order valence-electron chi connectivity index (χ1n) is 14.2. The summed E-state index contributed by atoms with van der Waals surface area (Å²) >= 11 is 6.33. The lowest BCUT2D eigenvalue weighted by molar-refractivity contribution is -0.140. The Morgan fingerprint density at radius 1 is 0.886 bits per heavy atom. The number of amides is 2. The second-order valence-electron chi connectivity index (χ2n) is 10.3. The SMILES string of the molecule is CCNC(=O)C(Cc1ccccc1)N(Cc1cccc(C)c1)C(=O)CN(c1cc(Cl)ccc1OC)S(=O)(=O)c1ccccc1. The molecule has 0 saturated heterocycles. The topological polar surface area (TPSA) is 96.0 Å². The summed E-state index contributed by atoms with van der Waals surface area (Å²) in [4.78, 5) is 29.5. The number of rotatable bonds is 13. The largest absolute Gasteiger partial charge is 0.495 e. The van der Waals surface area contributed by atoms with Gasteiger partial charge in [0.1, 0.15) is 18.3 Å². The van der Waals surface area contributed by atoms with Crippen LogP contribution in [0.1, 0.15) is 23.6 Å². The molecular formula is C34H36ClN3O5S. The van der Waals surface area contributed by atoms with E-state index in [1.54, 1.807) is 30.3 Å². The van der Waals surface area contributed by atoms with Gasteiger partial charge < -0.3 is 15.0 Å².